The van der Waals surface area contributed by atoms with Gasteiger partial charge in [0.25, 0.3) is 0 Å². The summed E-state index contributed by atoms with van der Waals surface area (Å²) in [4.78, 5) is 25.6. The number of carbonyl (C=O) groups excluding carboxylic acids is 2. The lowest BCUT2D eigenvalue weighted by atomic mass is 10.1. The van der Waals surface area contributed by atoms with Crippen molar-refractivity contribution in [2.75, 3.05) is 18.0 Å². The van der Waals surface area contributed by atoms with Gasteiger partial charge in [-0.15, -0.1) is 6.58 Å². The highest BCUT2D eigenvalue weighted by molar-refractivity contribution is 6.00. The maximum Gasteiger partial charge on any atom is 0.227 e. The lowest BCUT2D eigenvalue weighted by Crippen LogP contribution is -2.32. The second-order valence-corrected chi connectivity index (χ2v) is 4.96. The van der Waals surface area contributed by atoms with Gasteiger partial charge in [0.2, 0.25) is 11.8 Å². The van der Waals surface area contributed by atoms with Gasteiger partial charge >= 0.3 is 0 Å². The van der Waals surface area contributed by atoms with Crippen molar-refractivity contribution < 1.29 is 9.59 Å². The number of hydrogen-bond acceptors (Lipinski definition) is 2. The van der Waals surface area contributed by atoms with Crippen molar-refractivity contribution in [2.24, 2.45) is 5.92 Å². The summed E-state index contributed by atoms with van der Waals surface area (Å²) in [6, 6.07) is 7.93. The number of aryl methyl sites for hydroxylation is 1. The highest BCUT2D eigenvalue weighted by Crippen LogP contribution is 2.25. The molecule has 1 fully saturated rings. The third kappa shape index (κ3) is 3.07. The van der Waals surface area contributed by atoms with Gasteiger partial charge in [0.1, 0.15) is 0 Å². The van der Waals surface area contributed by atoms with Crippen LogP contribution in [0.15, 0.2) is 36.9 Å². The molecule has 1 N–H and O–H groups in total. The van der Waals surface area contributed by atoms with Gasteiger partial charge in [0, 0.05) is 25.2 Å². The van der Waals surface area contributed by atoms with Crippen LogP contribution >= 0.6 is 0 Å². The number of anilines is 1. The second kappa shape index (κ2) is 6.37. The first-order valence-corrected chi connectivity index (χ1v) is 6.93. The predicted octanol–water partition coefficient (Wildman–Crippen LogP) is 1.90. The standard InChI is InChI=1S/C16H20N2O2/c1-3-9-17-16(20)13-10-15(19)18(11-13)14-7-5-12(4-2)6-8-14/h3,5-8,13H,1,4,9-11H2,2H3,(H,17,20)/t13-/m1/s1. The molecule has 0 radical (unpaired) electrons. The monoisotopic (exact) mass is 272 g/mol. The van der Waals surface area contributed by atoms with Crippen LogP contribution in [0.4, 0.5) is 5.69 Å². The Hall–Kier alpha value is -2.10. The van der Waals surface area contributed by atoms with Crippen LogP contribution in [0.25, 0.3) is 0 Å². The summed E-state index contributed by atoms with van der Waals surface area (Å²) in [5.41, 5.74) is 2.10. The van der Waals surface area contributed by atoms with Crippen LogP contribution in [0.1, 0.15) is 18.9 Å². The van der Waals surface area contributed by atoms with Crippen molar-refractivity contribution >= 4 is 17.5 Å². The summed E-state index contributed by atoms with van der Waals surface area (Å²) in [6.07, 6.45) is 2.88. The minimum Gasteiger partial charge on any atom is -0.352 e. The maximum absolute atomic E-state index is 12.0. The smallest absolute Gasteiger partial charge is 0.227 e. The van der Waals surface area contributed by atoms with Crippen molar-refractivity contribution in [1.82, 2.24) is 5.32 Å². The number of benzene rings is 1. The number of carbonyl (C=O) groups is 2. The van der Waals surface area contributed by atoms with E-state index in [0.717, 1.165) is 12.1 Å². The van der Waals surface area contributed by atoms with E-state index in [9.17, 15) is 9.59 Å². The Bertz CT molecular complexity index is 508. The topological polar surface area (TPSA) is 49.4 Å². The van der Waals surface area contributed by atoms with Gasteiger partial charge in [0.05, 0.1) is 5.92 Å². The summed E-state index contributed by atoms with van der Waals surface area (Å²) < 4.78 is 0. The molecule has 106 valence electrons. The van der Waals surface area contributed by atoms with E-state index in [1.165, 1.54) is 5.56 Å². The van der Waals surface area contributed by atoms with Crippen molar-refractivity contribution in [2.45, 2.75) is 19.8 Å². The Kier molecular flexibility index (Phi) is 4.56. The minimum atomic E-state index is -0.270. The van der Waals surface area contributed by atoms with Crippen molar-refractivity contribution in [1.29, 1.82) is 0 Å². The van der Waals surface area contributed by atoms with Gasteiger partial charge in [-0.2, -0.15) is 0 Å². The molecule has 0 aliphatic carbocycles. The molecule has 0 aromatic heterocycles. The largest absolute Gasteiger partial charge is 0.352 e. The molecule has 1 heterocycles. The van der Waals surface area contributed by atoms with Crippen LogP contribution in [0, 0.1) is 5.92 Å². The summed E-state index contributed by atoms with van der Waals surface area (Å²) in [6.45, 7) is 6.55. The number of nitrogens with one attached hydrogen (secondary N) is 1. The molecule has 1 aliphatic heterocycles. The SMILES string of the molecule is C=CCNC(=O)[C@@H]1CC(=O)N(c2ccc(CC)cc2)C1. The average Bonchev–Trinajstić information content (AvgIpc) is 2.87. The molecule has 1 aromatic rings. The van der Waals surface area contributed by atoms with Gasteiger partial charge in [0.15, 0.2) is 0 Å². The second-order valence-electron chi connectivity index (χ2n) is 4.96. The normalized spacial score (nSPS) is 18.1. The van der Waals surface area contributed by atoms with E-state index in [4.69, 9.17) is 0 Å². The predicted molar refractivity (Wildman–Crippen MR) is 79.5 cm³/mol. The van der Waals surface area contributed by atoms with E-state index < -0.39 is 0 Å². The van der Waals surface area contributed by atoms with Gasteiger partial charge in [-0.3, -0.25) is 9.59 Å². The summed E-state index contributed by atoms with van der Waals surface area (Å²) >= 11 is 0. The molecular weight excluding hydrogens is 252 g/mol. The fourth-order valence-electron chi connectivity index (χ4n) is 2.36. The lowest BCUT2D eigenvalue weighted by molar-refractivity contribution is -0.126. The number of nitrogens with zero attached hydrogens (tertiary/aromatic N) is 1. The van der Waals surface area contributed by atoms with E-state index in [1.807, 2.05) is 24.3 Å². The Morgan fingerprint density at radius 3 is 2.75 bits per heavy atom. The quantitative estimate of drug-likeness (QED) is 0.832. The molecule has 0 unspecified atom stereocenters. The molecule has 4 heteroatoms. The van der Waals surface area contributed by atoms with Crippen LogP contribution in [-0.4, -0.2) is 24.9 Å². The molecule has 1 aliphatic rings. The number of amides is 2. The zero-order valence-corrected chi connectivity index (χ0v) is 11.8. The molecule has 1 saturated heterocycles. The van der Waals surface area contributed by atoms with Crippen molar-refractivity contribution in [3.8, 4) is 0 Å². The van der Waals surface area contributed by atoms with E-state index in [1.54, 1.807) is 11.0 Å². The van der Waals surface area contributed by atoms with Gasteiger partial charge in [-0.25, -0.2) is 0 Å². The van der Waals surface area contributed by atoms with Gasteiger partial charge < -0.3 is 10.2 Å². The third-order valence-electron chi connectivity index (χ3n) is 3.57. The van der Waals surface area contributed by atoms with Gasteiger partial charge in [-0.05, 0) is 24.1 Å². The van der Waals surface area contributed by atoms with Gasteiger partial charge in [-0.1, -0.05) is 25.1 Å². The first kappa shape index (κ1) is 14.3. The van der Waals surface area contributed by atoms with Crippen LogP contribution in [0.5, 0.6) is 0 Å². The third-order valence-corrected chi connectivity index (χ3v) is 3.57. The van der Waals surface area contributed by atoms with Crippen LogP contribution < -0.4 is 10.2 Å². The van der Waals surface area contributed by atoms with E-state index in [2.05, 4.69) is 18.8 Å². The molecule has 4 nitrogen and oxygen atoms in total. The fraction of sp³-hybridized carbons (Fsp3) is 0.375. The van der Waals surface area contributed by atoms with E-state index >= 15 is 0 Å². The molecule has 0 spiro atoms. The average molecular weight is 272 g/mol. The first-order chi connectivity index (χ1) is 9.65. The molecule has 1 aromatic carbocycles. The molecule has 20 heavy (non-hydrogen) atoms. The highest BCUT2D eigenvalue weighted by Gasteiger charge is 2.34. The van der Waals surface area contributed by atoms with Crippen LogP contribution in [0.2, 0.25) is 0 Å². The molecular formula is C16H20N2O2. The minimum absolute atomic E-state index is 0.00741. The lowest BCUT2D eigenvalue weighted by Gasteiger charge is -2.17. The fourth-order valence-corrected chi connectivity index (χ4v) is 2.36. The van der Waals surface area contributed by atoms with Crippen molar-refractivity contribution in [3.05, 3.63) is 42.5 Å². The highest BCUT2D eigenvalue weighted by atomic mass is 16.2. The van der Waals surface area contributed by atoms with Crippen molar-refractivity contribution in [3.63, 3.8) is 0 Å². The Morgan fingerprint density at radius 2 is 2.15 bits per heavy atom. The molecule has 2 amide bonds. The zero-order chi connectivity index (χ0) is 14.5. The molecule has 2 rings (SSSR count). The Labute approximate surface area is 119 Å². The zero-order valence-electron chi connectivity index (χ0n) is 11.8. The molecule has 1 atom stereocenters. The summed E-state index contributed by atoms with van der Waals surface area (Å²) in [7, 11) is 0. The molecule has 0 saturated carbocycles. The molecule has 0 bridgehead atoms. The summed E-state index contributed by atoms with van der Waals surface area (Å²) in [5, 5.41) is 2.75. The number of rotatable bonds is 5. The van der Waals surface area contributed by atoms with Crippen LogP contribution in [-0.2, 0) is 16.0 Å². The Morgan fingerprint density at radius 1 is 1.45 bits per heavy atom. The van der Waals surface area contributed by atoms with Crippen LogP contribution in [0.3, 0.4) is 0 Å². The number of hydrogen-bond donors (Lipinski definition) is 1. The first-order valence-electron chi connectivity index (χ1n) is 6.93. The maximum atomic E-state index is 12.0. The Balaban J connectivity index is 2.04. The van der Waals surface area contributed by atoms with E-state index in [0.29, 0.717) is 13.1 Å². The van der Waals surface area contributed by atoms with E-state index in [-0.39, 0.29) is 24.2 Å². The summed E-state index contributed by atoms with van der Waals surface area (Å²) in [5.74, 6) is -0.341.